The molecule has 19 heavy (non-hydrogen) atoms. The normalized spacial score (nSPS) is 12.0. The smallest absolute Gasteiger partial charge is 0.337 e. The maximum Gasteiger partial charge on any atom is 0.337 e. The molecule has 3 nitrogen and oxygen atoms in total. The quantitative estimate of drug-likeness (QED) is 0.751. The molecule has 1 aromatic rings. The number of unbranched alkanes of at least 4 members (excludes halogenated alkanes) is 1. The Balaban J connectivity index is 2.83. The summed E-state index contributed by atoms with van der Waals surface area (Å²) in [5.41, 5.74) is 2.79. The topological polar surface area (TPSA) is 38.3 Å². The van der Waals surface area contributed by atoms with Gasteiger partial charge in [-0.15, -0.1) is 0 Å². The van der Waals surface area contributed by atoms with Crippen LogP contribution in [0.15, 0.2) is 18.2 Å². The van der Waals surface area contributed by atoms with Crippen molar-refractivity contribution in [1.82, 2.24) is 0 Å². The minimum Gasteiger partial charge on any atom is -0.465 e. The number of esters is 1. The van der Waals surface area contributed by atoms with Gasteiger partial charge in [-0.2, -0.15) is 0 Å². The van der Waals surface area contributed by atoms with Crippen molar-refractivity contribution in [3.63, 3.8) is 0 Å². The molecule has 1 unspecified atom stereocenters. The van der Waals surface area contributed by atoms with Crippen molar-refractivity contribution >= 4 is 11.7 Å². The zero-order chi connectivity index (χ0) is 14.3. The average Bonchev–Trinajstić information content (AvgIpc) is 2.44. The molecule has 1 aromatic carbocycles. The second-order valence-corrected chi connectivity index (χ2v) is 4.91. The number of methoxy groups -OCH3 is 1. The van der Waals surface area contributed by atoms with Crippen molar-refractivity contribution in [2.24, 2.45) is 0 Å². The summed E-state index contributed by atoms with van der Waals surface area (Å²) in [6, 6.07) is 6.11. The Kier molecular flexibility index (Phi) is 6.40. The first kappa shape index (κ1) is 15.5. The van der Waals surface area contributed by atoms with E-state index in [0.717, 1.165) is 24.1 Å². The second-order valence-electron chi connectivity index (χ2n) is 4.91. The van der Waals surface area contributed by atoms with Gasteiger partial charge < -0.3 is 10.1 Å². The molecule has 0 saturated heterocycles. The van der Waals surface area contributed by atoms with Crippen molar-refractivity contribution < 1.29 is 9.53 Å². The summed E-state index contributed by atoms with van der Waals surface area (Å²) in [6.07, 6.45) is 4.68. The summed E-state index contributed by atoms with van der Waals surface area (Å²) >= 11 is 0. The fraction of sp³-hybridized carbons (Fsp3) is 0.562. The predicted octanol–water partition coefficient (Wildman–Crippen LogP) is 4.16. The molecule has 0 saturated carbocycles. The SMILES string of the molecule is CCCCC(CC)Nc1cc(C(=O)OC)ccc1C. The van der Waals surface area contributed by atoms with Gasteiger partial charge in [0, 0.05) is 11.7 Å². The van der Waals surface area contributed by atoms with Gasteiger partial charge in [-0.1, -0.05) is 32.8 Å². The molecule has 1 atom stereocenters. The van der Waals surface area contributed by atoms with Crippen LogP contribution < -0.4 is 5.32 Å². The zero-order valence-corrected chi connectivity index (χ0v) is 12.5. The molecular formula is C16H25NO2. The van der Waals surface area contributed by atoms with E-state index >= 15 is 0 Å². The van der Waals surface area contributed by atoms with Gasteiger partial charge in [-0.05, 0) is 37.5 Å². The zero-order valence-electron chi connectivity index (χ0n) is 12.5. The van der Waals surface area contributed by atoms with Crippen molar-refractivity contribution in [2.45, 2.75) is 52.5 Å². The molecule has 0 amide bonds. The van der Waals surface area contributed by atoms with Crippen LogP contribution in [0.4, 0.5) is 5.69 Å². The van der Waals surface area contributed by atoms with Crippen LogP contribution in [0.1, 0.15) is 55.5 Å². The molecule has 0 aliphatic rings. The van der Waals surface area contributed by atoms with Gasteiger partial charge in [0.05, 0.1) is 12.7 Å². The number of carbonyl (C=O) groups excluding carboxylic acids is 1. The number of benzene rings is 1. The van der Waals surface area contributed by atoms with Gasteiger partial charge in [-0.3, -0.25) is 0 Å². The average molecular weight is 263 g/mol. The van der Waals surface area contributed by atoms with Crippen LogP contribution in [0.25, 0.3) is 0 Å². The Morgan fingerprint density at radius 1 is 1.37 bits per heavy atom. The molecule has 0 radical (unpaired) electrons. The summed E-state index contributed by atoms with van der Waals surface area (Å²) < 4.78 is 4.76. The van der Waals surface area contributed by atoms with Gasteiger partial charge in [0.2, 0.25) is 0 Å². The molecule has 0 aromatic heterocycles. The summed E-state index contributed by atoms with van der Waals surface area (Å²) in [5.74, 6) is -0.287. The van der Waals surface area contributed by atoms with E-state index in [2.05, 4.69) is 26.1 Å². The van der Waals surface area contributed by atoms with Gasteiger partial charge in [0.15, 0.2) is 0 Å². The maximum absolute atomic E-state index is 11.6. The first-order chi connectivity index (χ1) is 9.12. The van der Waals surface area contributed by atoms with Crippen LogP contribution in [-0.2, 0) is 4.74 Å². The first-order valence-corrected chi connectivity index (χ1v) is 7.07. The van der Waals surface area contributed by atoms with Gasteiger partial charge in [0.25, 0.3) is 0 Å². The fourth-order valence-corrected chi connectivity index (χ4v) is 2.07. The Hall–Kier alpha value is -1.51. The first-order valence-electron chi connectivity index (χ1n) is 7.07. The molecule has 0 bridgehead atoms. The number of aryl methyl sites for hydroxylation is 1. The van der Waals surface area contributed by atoms with Gasteiger partial charge in [-0.25, -0.2) is 4.79 Å². The van der Waals surface area contributed by atoms with E-state index in [1.165, 1.54) is 20.0 Å². The molecular weight excluding hydrogens is 238 g/mol. The molecule has 0 fully saturated rings. The van der Waals surface area contributed by atoms with Crippen LogP contribution in [0.5, 0.6) is 0 Å². The molecule has 0 aliphatic carbocycles. The van der Waals surface area contributed by atoms with Crippen molar-refractivity contribution in [3.05, 3.63) is 29.3 Å². The van der Waals surface area contributed by atoms with Crippen molar-refractivity contribution in [1.29, 1.82) is 0 Å². The summed E-state index contributed by atoms with van der Waals surface area (Å²) in [5, 5.41) is 3.54. The molecule has 1 N–H and O–H groups in total. The predicted molar refractivity (Wildman–Crippen MR) is 79.7 cm³/mol. The molecule has 1 rings (SSSR count). The third kappa shape index (κ3) is 4.58. The largest absolute Gasteiger partial charge is 0.465 e. The Bertz CT molecular complexity index is 415. The highest BCUT2D eigenvalue weighted by Crippen LogP contribution is 2.20. The van der Waals surface area contributed by atoms with Crippen LogP contribution in [-0.4, -0.2) is 19.1 Å². The number of hydrogen-bond acceptors (Lipinski definition) is 3. The number of rotatable bonds is 7. The molecule has 0 spiro atoms. The van der Waals surface area contributed by atoms with E-state index < -0.39 is 0 Å². The Morgan fingerprint density at radius 3 is 2.68 bits per heavy atom. The summed E-state index contributed by atoms with van der Waals surface area (Å²) in [4.78, 5) is 11.6. The lowest BCUT2D eigenvalue weighted by atomic mass is 10.0. The van der Waals surface area contributed by atoms with Crippen molar-refractivity contribution in [3.8, 4) is 0 Å². The third-order valence-electron chi connectivity index (χ3n) is 3.42. The standard InChI is InChI=1S/C16H25NO2/c1-5-7-8-14(6-2)17-15-11-13(16(18)19-4)10-9-12(15)3/h9-11,14,17H,5-8H2,1-4H3. The van der Waals surface area contributed by atoms with E-state index in [0.29, 0.717) is 11.6 Å². The minimum atomic E-state index is -0.287. The number of nitrogens with one attached hydrogen (secondary N) is 1. The Morgan fingerprint density at radius 2 is 2.11 bits per heavy atom. The highest BCUT2D eigenvalue weighted by atomic mass is 16.5. The third-order valence-corrected chi connectivity index (χ3v) is 3.42. The van der Waals surface area contributed by atoms with Gasteiger partial charge in [0.1, 0.15) is 0 Å². The van der Waals surface area contributed by atoms with E-state index in [-0.39, 0.29) is 5.97 Å². The molecule has 106 valence electrons. The van der Waals surface area contributed by atoms with E-state index in [1.807, 2.05) is 12.1 Å². The molecule has 0 aliphatic heterocycles. The maximum atomic E-state index is 11.6. The minimum absolute atomic E-state index is 0.287. The number of anilines is 1. The number of ether oxygens (including phenoxy) is 1. The van der Waals surface area contributed by atoms with E-state index in [4.69, 9.17) is 4.74 Å². The lowest BCUT2D eigenvalue weighted by Gasteiger charge is -2.20. The monoisotopic (exact) mass is 263 g/mol. The number of hydrogen-bond donors (Lipinski definition) is 1. The van der Waals surface area contributed by atoms with Crippen LogP contribution in [0.2, 0.25) is 0 Å². The molecule has 0 heterocycles. The fourth-order valence-electron chi connectivity index (χ4n) is 2.07. The summed E-state index contributed by atoms with van der Waals surface area (Å²) in [7, 11) is 1.41. The van der Waals surface area contributed by atoms with Crippen LogP contribution in [0, 0.1) is 6.92 Å². The highest BCUT2D eigenvalue weighted by Gasteiger charge is 2.11. The van der Waals surface area contributed by atoms with Gasteiger partial charge >= 0.3 is 5.97 Å². The molecule has 3 heteroatoms. The second kappa shape index (κ2) is 7.82. The van der Waals surface area contributed by atoms with Crippen LogP contribution >= 0.6 is 0 Å². The van der Waals surface area contributed by atoms with E-state index in [9.17, 15) is 4.79 Å². The van der Waals surface area contributed by atoms with Crippen LogP contribution in [0.3, 0.4) is 0 Å². The number of carbonyl (C=O) groups is 1. The highest BCUT2D eigenvalue weighted by molar-refractivity contribution is 5.90. The summed E-state index contributed by atoms with van der Waals surface area (Å²) in [6.45, 7) is 6.44. The van der Waals surface area contributed by atoms with Crippen molar-refractivity contribution in [2.75, 3.05) is 12.4 Å². The Labute approximate surface area is 116 Å². The lowest BCUT2D eigenvalue weighted by molar-refractivity contribution is 0.0601. The lowest BCUT2D eigenvalue weighted by Crippen LogP contribution is -2.19. The van der Waals surface area contributed by atoms with E-state index in [1.54, 1.807) is 6.07 Å².